The highest BCUT2D eigenvalue weighted by Gasteiger charge is 2.60. The first-order chi connectivity index (χ1) is 7.66. The molecule has 12 heteroatoms. The third-order valence-electron chi connectivity index (χ3n) is 1.42. The summed E-state index contributed by atoms with van der Waals surface area (Å²) in [7, 11) is -5.41. The van der Waals surface area contributed by atoms with E-state index in [9.17, 15) is 43.5 Å². The van der Waals surface area contributed by atoms with Gasteiger partial charge >= 0.3 is 18.3 Å². The van der Waals surface area contributed by atoms with E-state index >= 15 is 0 Å². The summed E-state index contributed by atoms with van der Waals surface area (Å²) < 4.78 is 119. The summed E-state index contributed by atoms with van der Waals surface area (Å²) in [5.74, 6) is -8.36. The van der Waals surface area contributed by atoms with E-state index in [1.165, 1.54) is 0 Å². The molecule has 0 N–H and O–H groups in total. The Bertz CT molecular complexity index is 367. The van der Waals surface area contributed by atoms with E-state index in [-0.39, 0.29) is 0 Å². The summed E-state index contributed by atoms with van der Waals surface area (Å²) in [5.41, 5.74) is 0. The highest BCUT2D eigenvalue weighted by molar-refractivity contribution is 7.86. The molecule has 0 radical (unpaired) electrons. The second kappa shape index (κ2) is 5.15. The molecule has 0 aliphatic carbocycles. The van der Waals surface area contributed by atoms with Crippen LogP contribution >= 0.6 is 0 Å². The van der Waals surface area contributed by atoms with Crippen LogP contribution in [0.4, 0.5) is 35.1 Å². The van der Waals surface area contributed by atoms with Crippen molar-refractivity contribution in [2.24, 2.45) is 0 Å². The van der Waals surface area contributed by atoms with Crippen LogP contribution in [0.5, 0.6) is 0 Å². The highest BCUT2D eigenvalue weighted by atomic mass is 32.2. The van der Waals surface area contributed by atoms with E-state index in [1.807, 2.05) is 0 Å². The van der Waals surface area contributed by atoms with Gasteiger partial charge < -0.3 is 0 Å². The fraction of sp³-hybridized carbons (Fsp3) is 1.00. The standard InChI is InChI=1S/C6H6F8O3S/c7-4(8,6(12,13)14)3-18(15,16)17-2-1-5(9,10)11/h1-3H2. The SMILES string of the molecule is O=S(=O)(CC(F)(F)C(F)(F)F)OCCC(F)(F)F. The number of rotatable bonds is 5. The molecule has 0 atom stereocenters. The largest absolute Gasteiger partial charge is 0.454 e. The van der Waals surface area contributed by atoms with Crippen LogP contribution in [-0.2, 0) is 14.3 Å². The normalized spacial score (nSPS) is 14.9. The van der Waals surface area contributed by atoms with Crippen molar-refractivity contribution in [3.8, 4) is 0 Å². The minimum atomic E-state index is -6.13. The Labute approximate surface area is 95.8 Å². The summed E-state index contributed by atoms with van der Waals surface area (Å²) in [4.78, 5) is 0. The zero-order valence-corrected chi connectivity index (χ0v) is 9.09. The Balaban J connectivity index is 4.51. The molecule has 0 unspecified atom stereocenters. The average Bonchev–Trinajstić information content (AvgIpc) is 1.95. The lowest BCUT2D eigenvalue weighted by Gasteiger charge is -2.19. The Morgan fingerprint density at radius 3 is 1.67 bits per heavy atom. The lowest BCUT2D eigenvalue weighted by Crippen LogP contribution is -2.43. The molecule has 18 heavy (non-hydrogen) atoms. The van der Waals surface area contributed by atoms with Crippen LogP contribution in [0, 0.1) is 0 Å². The fourth-order valence-corrected chi connectivity index (χ4v) is 1.66. The molecule has 0 amide bonds. The number of hydrogen-bond donors (Lipinski definition) is 0. The predicted molar refractivity (Wildman–Crippen MR) is 41.4 cm³/mol. The van der Waals surface area contributed by atoms with Crippen molar-refractivity contribution < 1.29 is 47.7 Å². The van der Waals surface area contributed by atoms with Crippen LogP contribution in [-0.4, -0.2) is 39.1 Å². The number of hydrogen-bond acceptors (Lipinski definition) is 3. The van der Waals surface area contributed by atoms with E-state index < -0.39 is 47.2 Å². The first-order valence-electron chi connectivity index (χ1n) is 4.05. The molecule has 0 aromatic heterocycles. The molecular weight excluding hydrogens is 304 g/mol. The summed E-state index contributed by atoms with van der Waals surface area (Å²) in [6.07, 6.45) is -12.7. The maximum absolute atomic E-state index is 12.3. The van der Waals surface area contributed by atoms with Gasteiger partial charge in [-0.2, -0.15) is 43.5 Å². The molecule has 0 saturated carbocycles. The summed E-state index contributed by atoms with van der Waals surface area (Å²) in [6.45, 7) is -1.56. The van der Waals surface area contributed by atoms with Crippen LogP contribution in [0.15, 0.2) is 0 Å². The van der Waals surface area contributed by atoms with Gasteiger partial charge in [-0.25, -0.2) is 0 Å². The van der Waals surface area contributed by atoms with Crippen LogP contribution in [0.1, 0.15) is 6.42 Å². The molecule has 0 aromatic carbocycles. The van der Waals surface area contributed by atoms with Gasteiger partial charge in [0.1, 0.15) is 5.75 Å². The van der Waals surface area contributed by atoms with Crippen molar-refractivity contribution in [3.63, 3.8) is 0 Å². The van der Waals surface area contributed by atoms with Gasteiger partial charge in [0.2, 0.25) is 0 Å². The molecule has 0 aliphatic rings. The first kappa shape index (κ1) is 17.4. The fourth-order valence-electron chi connectivity index (χ4n) is 0.630. The Morgan fingerprint density at radius 2 is 1.33 bits per heavy atom. The van der Waals surface area contributed by atoms with Crippen molar-refractivity contribution in [1.82, 2.24) is 0 Å². The minimum absolute atomic E-state index is 1.56. The molecule has 0 rings (SSSR count). The lowest BCUT2D eigenvalue weighted by atomic mass is 10.4. The molecule has 3 nitrogen and oxygen atoms in total. The second-order valence-electron chi connectivity index (χ2n) is 3.09. The molecule has 0 spiro atoms. The molecular formula is C6H6F8O3S. The maximum Gasteiger partial charge on any atom is 0.454 e. The van der Waals surface area contributed by atoms with Crippen LogP contribution in [0.25, 0.3) is 0 Å². The van der Waals surface area contributed by atoms with Crippen molar-refractivity contribution >= 4 is 10.1 Å². The van der Waals surface area contributed by atoms with Crippen molar-refractivity contribution in [2.45, 2.75) is 24.7 Å². The molecule has 0 heterocycles. The van der Waals surface area contributed by atoms with Gasteiger partial charge in [-0.1, -0.05) is 0 Å². The Morgan fingerprint density at radius 1 is 0.889 bits per heavy atom. The topological polar surface area (TPSA) is 43.4 Å². The smallest absolute Gasteiger partial charge is 0.270 e. The second-order valence-corrected chi connectivity index (χ2v) is 4.73. The predicted octanol–water partition coefficient (Wildman–Crippen LogP) is 2.48. The summed E-state index contributed by atoms with van der Waals surface area (Å²) >= 11 is 0. The highest BCUT2D eigenvalue weighted by Crippen LogP contribution is 2.36. The third-order valence-corrected chi connectivity index (χ3v) is 2.66. The van der Waals surface area contributed by atoms with Crippen molar-refractivity contribution in [3.05, 3.63) is 0 Å². The third kappa shape index (κ3) is 6.33. The van der Waals surface area contributed by atoms with E-state index in [4.69, 9.17) is 0 Å². The van der Waals surface area contributed by atoms with Crippen LogP contribution < -0.4 is 0 Å². The molecule has 0 aromatic rings. The van der Waals surface area contributed by atoms with E-state index in [0.717, 1.165) is 0 Å². The quantitative estimate of drug-likeness (QED) is 0.579. The molecule has 0 saturated heterocycles. The zero-order chi connectivity index (χ0) is 14.8. The number of halogens is 8. The maximum atomic E-state index is 12.3. The van der Waals surface area contributed by atoms with E-state index in [1.54, 1.807) is 0 Å². The summed E-state index contributed by atoms with van der Waals surface area (Å²) in [6, 6.07) is 0. The number of alkyl halides is 8. The van der Waals surface area contributed by atoms with Gasteiger partial charge in [-0.3, -0.25) is 4.18 Å². The van der Waals surface area contributed by atoms with Crippen LogP contribution in [0.3, 0.4) is 0 Å². The molecule has 110 valence electrons. The van der Waals surface area contributed by atoms with Gasteiger partial charge in [0.05, 0.1) is 13.0 Å². The first-order valence-corrected chi connectivity index (χ1v) is 5.62. The van der Waals surface area contributed by atoms with E-state index in [0.29, 0.717) is 0 Å². The van der Waals surface area contributed by atoms with Crippen molar-refractivity contribution in [2.75, 3.05) is 12.4 Å². The van der Waals surface area contributed by atoms with Crippen molar-refractivity contribution in [1.29, 1.82) is 0 Å². The Hall–Kier alpha value is -0.650. The van der Waals surface area contributed by atoms with Gasteiger partial charge in [-0.15, -0.1) is 0 Å². The zero-order valence-electron chi connectivity index (χ0n) is 8.28. The molecule has 0 aliphatic heterocycles. The van der Waals surface area contributed by atoms with Gasteiger partial charge in [0, 0.05) is 0 Å². The van der Waals surface area contributed by atoms with E-state index in [2.05, 4.69) is 4.18 Å². The van der Waals surface area contributed by atoms with Gasteiger partial charge in [0.25, 0.3) is 10.1 Å². The Kier molecular flexibility index (Phi) is 4.96. The van der Waals surface area contributed by atoms with Gasteiger partial charge in [-0.05, 0) is 0 Å². The lowest BCUT2D eigenvalue weighted by molar-refractivity contribution is -0.271. The average molecular weight is 310 g/mol. The van der Waals surface area contributed by atoms with Crippen LogP contribution in [0.2, 0.25) is 0 Å². The van der Waals surface area contributed by atoms with Gasteiger partial charge in [0.15, 0.2) is 0 Å². The monoisotopic (exact) mass is 310 g/mol. The molecule has 0 bridgehead atoms. The molecule has 0 fully saturated rings. The minimum Gasteiger partial charge on any atom is -0.270 e. The summed E-state index contributed by atoms with van der Waals surface area (Å²) in [5, 5.41) is 0.